The summed E-state index contributed by atoms with van der Waals surface area (Å²) in [4.78, 5) is 4.61. The van der Waals surface area contributed by atoms with Crippen molar-refractivity contribution in [3.05, 3.63) is 56.8 Å². The van der Waals surface area contributed by atoms with Gasteiger partial charge in [0.25, 0.3) is 0 Å². The summed E-state index contributed by atoms with van der Waals surface area (Å²) in [5.41, 5.74) is 3.07. The van der Waals surface area contributed by atoms with Gasteiger partial charge in [0.05, 0.1) is 5.69 Å². The highest BCUT2D eigenvalue weighted by Crippen LogP contribution is 2.27. The molecule has 2 nitrogen and oxygen atoms in total. The van der Waals surface area contributed by atoms with E-state index in [2.05, 4.69) is 72.4 Å². The van der Waals surface area contributed by atoms with Crippen molar-refractivity contribution >= 4 is 44.2 Å². The Morgan fingerprint density at radius 2 is 1.88 bits per heavy atom. The van der Waals surface area contributed by atoms with Crippen LogP contribution in [0.2, 0.25) is 0 Å². The van der Waals surface area contributed by atoms with E-state index >= 15 is 0 Å². The number of hydrogen-bond acceptors (Lipinski definition) is 1. The minimum absolute atomic E-state index is 0.969. The molecule has 0 saturated carbocycles. The average molecular weight is 399 g/mol. The van der Waals surface area contributed by atoms with Gasteiger partial charge in [-0.1, -0.05) is 34.1 Å². The van der Waals surface area contributed by atoms with Crippen molar-refractivity contribution in [2.24, 2.45) is 0 Å². The van der Waals surface area contributed by atoms with Crippen molar-refractivity contribution in [3.63, 3.8) is 0 Å². The van der Waals surface area contributed by atoms with Crippen LogP contribution in [-0.2, 0) is 0 Å². The Bertz CT molecular complexity index is 691. The van der Waals surface area contributed by atoms with Crippen LogP contribution < -0.4 is 0 Å². The van der Waals surface area contributed by atoms with Gasteiger partial charge in [-0.25, -0.2) is 4.98 Å². The Labute approximate surface area is 121 Å². The molecule has 1 aromatic carbocycles. The van der Waals surface area contributed by atoms with Gasteiger partial charge in [-0.05, 0) is 40.8 Å². The van der Waals surface area contributed by atoms with Crippen LogP contribution in [0, 0.1) is 3.57 Å². The van der Waals surface area contributed by atoms with E-state index in [0.29, 0.717) is 0 Å². The highest BCUT2D eigenvalue weighted by atomic mass is 127. The lowest BCUT2D eigenvalue weighted by Gasteiger charge is -1.98. The summed E-state index contributed by atoms with van der Waals surface area (Å²) in [7, 11) is 0. The second-order valence-corrected chi connectivity index (χ2v) is 5.82. The third kappa shape index (κ3) is 2.11. The van der Waals surface area contributed by atoms with Gasteiger partial charge in [0.1, 0.15) is 5.65 Å². The Kier molecular flexibility index (Phi) is 2.92. The normalized spacial score (nSPS) is 10.9. The maximum Gasteiger partial charge on any atom is 0.137 e. The third-order valence-electron chi connectivity index (χ3n) is 2.56. The quantitative estimate of drug-likeness (QED) is 0.556. The minimum Gasteiger partial charge on any atom is -0.305 e. The molecule has 0 unspecified atom stereocenters. The number of imidazole rings is 1. The highest BCUT2D eigenvalue weighted by molar-refractivity contribution is 14.1. The Balaban J connectivity index is 2.22. The molecule has 84 valence electrons. The fraction of sp³-hybridized carbons (Fsp3) is 0. The van der Waals surface area contributed by atoms with E-state index in [-0.39, 0.29) is 0 Å². The topological polar surface area (TPSA) is 17.3 Å². The summed E-state index contributed by atoms with van der Waals surface area (Å²) in [6.07, 6.45) is 4.13. The molecule has 0 amide bonds. The molecule has 0 atom stereocenters. The summed E-state index contributed by atoms with van der Waals surface area (Å²) in [5.74, 6) is 0. The van der Waals surface area contributed by atoms with Crippen molar-refractivity contribution < 1.29 is 0 Å². The number of fused-ring (bicyclic) bond motifs is 1. The van der Waals surface area contributed by atoms with Crippen LogP contribution in [0.5, 0.6) is 0 Å². The van der Waals surface area contributed by atoms with Crippen molar-refractivity contribution in [3.8, 4) is 11.3 Å². The number of rotatable bonds is 1. The van der Waals surface area contributed by atoms with Gasteiger partial charge in [-0.3, -0.25) is 0 Å². The first kappa shape index (κ1) is 11.2. The average Bonchev–Trinajstić information content (AvgIpc) is 2.72. The molecule has 17 heavy (non-hydrogen) atoms. The summed E-state index contributed by atoms with van der Waals surface area (Å²) < 4.78 is 4.32. The number of benzene rings is 1. The minimum atomic E-state index is 0.969. The molecule has 0 saturated heterocycles. The van der Waals surface area contributed by atoms with Crippen molar-refractivity contribution in [2.75, 3.05) is 0 Å². The van der Waals surface area contributed by atoms with Crippen LogP contribution >= 0.6 is 38.5 Å². The molecule has 0 fully saturated rings. The molecule has 2 heterocycles. The molecule has 2 aromatic heterocycles. The number of halogens is 2. The molecule has 0 N–H and O–H groups in total. The van der Waals surface area contributed by atoms with Crippen LogP contribution in [0.4, 0.5) is 0 Å². The third-order valence-corrected chi connectivity index (χ3v) is 3.89. The van der Waals surface area contributed by atoms with E-state index in [1.165, 1.54) is 3.57 Å². The molecule has 4 heteroatoms. The molecule has 0 radical (unpaired) electrons. The number of nitrogens with zero attached hydrogens (tertiary/aromatic N) is 2. The summed E-state index contributed by atoms with van der Waals surface area (Å²) in [5, 5.41) is 0. The molecule has 0 aliphatic rings. The zero-order chi connectivity index (χ0) is 11.8. The van der Waals surface area contributed by atoms with Gasteiger partial charge < -0.3 is 4.40 Å². The molecule has 0 bridgehead atoms. The molecule has 3 rings (SSSR count). The Hall–Kier alpha value is -0.880. The van der Waals surface area contributed by atoms with E-state index in [4.69, 9.17) is 0 Å². The van der Waals surface area contributed by atoms with E-state index in [9.17, 15) is 0 Å². The van der Waals surface area contributed by atoms with E-state index in [1.807, 2.05) is 24.3 Å². The molecular formula is C13H8BrIN2. The van der Waals surface area contributed by atoms with Crippen molar-refractivity contribution in [1.29, 1.82) is 0 Å². The maximum atomic E-state index is 4.61. The Morgan fingerprint density at radius 3 is 2.71 bits per heavy atom. The number of hydrogen-bond donors (Lipinski definition) is 0. The Morgan fingerprint density at radius 1 is 1.06 bits per heavy atom. The van der Waals surface area contributed by atoms with E-state index in [1.54, 1.807) is 0 Å². The van der Waals surface area contributed by atoms with Crippen LogP contribution in [0.3, 0.4) is 0 Å². The first-order valence-electron chi connectivity index (χ1n) is 5.13. The lowest BCUT2D eigenvalue weighted by molar-refractivity contribution is 1.17. The predicted octanol–water partition coefficient (Wildman–Crippen LogP) is 4.37. The number of aromatic nitrogens is 2. The van der Waals surface area contributed by atoms with Gasteiger partial charge >= 0.3 is 0 Å². The molecule has 3 aromatic rings. The first-order valence-corrected chi connectivity index (χ1v) is 7.00. The van der Waals surface area contributed by atoms with E-state index in [0.717, 1.165) is 21.4 Å². The predicted molar refractivity (Wildman–Crippen MR) is 81.0 cm³/mol. The fourth-order valence-corrected chi connectivity index (χ4v) is 2.73. The van der Waals surface area contributed by atoms with Gasteiger partial charge in [-0.2, -0.15) is 0 Å². The maximum absolute atomic E-state index is 4.61. The van der Waals surface area contributed by atoms with Crippen LogP contribution in [0.1, 0.15) is 0 Å². The monoisotopic (exact) mass is 398 g/mol. The second-order valence-electron chi connectivity index (χ2n) is 3.72. The zero-order valence-corrected chi connectivity index (χ0v) is 12.5. The first-order chi connectivity index (χ1) is 8.24. The van der Waals surface area contributed by atoms with E-state index < -0.39 is 0 Å². The summed E-state index contributed by atoms with van der Waals surface area (Å²) in [6.45, 7) is 0. The molecular weight excluding hydrogens is 391 g/mol. The van der Waals surface area contributed by atoms with Crippen LogP contribution in [0.15, 0.2) is 53.3 Å². The second kappa shape index (κ2) is 4.42. The van der Waals surface area contributed by atoms with Gasteiger partial charge in [-0.15, -0.1) is 0 Å². The largest absolute Gasteiger partial charge is 0.305 e. The zero-order valence-electron chi connectivity index (χ0n) is 8.77. The van der Waals surface area contributed by atoms with Gasteiger partial charge in [0.15, 0.2) is 0 Å². The summed E-state index contributed by atoms with van der Waals surface area (Å²) >= 11 is 5.85. The van der Waals surface area contributed by atoms with Crippen LogP contribution in [-0.4, -0.2) is 9.38 Å². The molecule has 0 spiro atoms. The fourth-order valence-electron chi connectivity index (χ4n) is 1.76. The summed E-state index contributed by atoms with van der Waals surface area (Å²) in [6, 6.07) is 12.2. The van der Waals surface area contributed by atoms with Gasteiger partial charge in [0, 0.05) is 26.0 Å². The molecule has 0 aliphatic carbocycles. The lowest BCUT2D eigenvalue weighted by Crippen LogP contribution is -1.82. The number of pyridine rings is 1. The van der Waals surface area contributed by atoms with Crippen LogP contribution in [0.25, 0.3) is 16.9 Å². The highest BCUT2D eigenvalue weighted by Gasteiger charge is 2.07. The smallest absolute Gasteiger partial charge is 0.137 e. The van der Waals surface area contributed by atoms with Crippen molar-refractivity contribution in [1.82, 2.24) is 9.38 Å². The SMILES string of the molecule is Brc1ccccc1-c1cn2cc(I)ccc2n1. The lowest BCUT2D eigenvalue weighted by atomic mass is 10.2. The standard InChI is InChI=1S/C13H8BrIN2/c14-11-4-2-1-3-10(11)12-8-17-7-9(15)5-6-13(17)16-12/h1-8H. The molecule has 0 aliphatic heterocycles. The van der Waals surface area contributed by atoms with Crippen molar-refractivity contribution in [2.45, 2.75) is 0 Å². The van der Waals surface area contributed by atoms with Gasteiger partial charge in [0.2, 0.25) is 0 Å².